The van der Waals surface area contributed by atoms with Gasteiger partial charge in [0, 0.05) is 18.0 Å². The molecule has 2 rings (SSSR count). The van der Waals surface area contributed by atoms with Crippen molar-refractivity contribution in [3.8, 4) is 0 Å². The highest BCUT2D eigenvalue weighted by Gasteiger charge is 2.31. The number of nitrogens with zero attached hydrogens (tertiary/aromatic N) is 1. The maximum atomic E-state index is 12.6. The number of aromatic nitrogens is 1. The van der Waals surface area contributed by atoms with E-state index in [9.17, 15) is 22.8 Å². The van der Waals surface area contributed by atoms with Gasteiger partial charge in [0.15, 0.2) is 0 Å². The Morgan fingerprint density at radius 3 is 2.67 bits per heavy atom. The van der Waals surface area contributed by atoms with Crippen LogP contribution >= 0.6 is 0 Å². The molecular formula is C14H13F3N2O2. The molecule has 7 heteroatoms. The fourth-order valence-electron chi connectivity index (χ4n) is 1.88. The minimum atomic E-state index is -4.55. The van der Waals surface area contributed by atoms with Crippen LogP contribution in [0.5, 0.6) is 0 Å². The van der Waals surface area contributed by atoms with Gasteiger partial charge in [-0.05, 0) is 25.0 Å². The Hall–Kier alpha value is -2.31. The van der Waals surface area contributed by atoms with Crippen molar-refractivity contribution in [2.24, 2.45) is 0 Å². The van der Waals surface area contributed by atoms with Gasteiger partial charge in [-0.3, -0.25) is 9.59 Å². The van der Waals surface area contributed by atoms with Crippen LogP contribution in [-0.2, 0) is 17.5 Å². The topological polar surface area (TPSA) is 51.1 Å². The van der Waals surface area contributed by atoms with Crippen molar-refractivity contribution in [3.05, 3.63) is 58.2 Å². The van der Waals surface area contributed by atoms with E-state index in [-0.39, 0.29) is 0 Å². The highest BCUT2D eigenvalue weighted by molar-refractivity contribution is 5.78. The second kappa shape index (κ2) is 5.99. The molecule has 0 fully saturated rings. The van der Waals surface area contributed by atoms with Crippen LogP contribution in [0, 0.1) is 0 Å². The number of nitrogens with one attached hydrogen (secondary N) is 1. The number of rotatable bonds is 3. The molecule has 0 saturated heterocycles. The van der Waals surface area contributed by atoms with Gasteiger partial charge in [-0.15, -0.1) is 0 Å². The van der Waals surface area contributed by atoms with Crippen LogP contribution in [0.25, 0.3) is 0 Å². The number of hydrogen-bond donors (Lipinski definition) is 1. The van der Waals surface area contributed by atoms with E-state index in [2.05, 4.69) is 5.32 Å². The van der Waals surface area contributed by atoms with E-state index in [0.717, 1.165) is 23.5 Å². The largest absolute Gasteiger partial charge is 0.417 e. The normalized spacial score (nSPS) is 14.7. The summed E-state index contributed by atoms with van der Waals surface area (Å²) in [6.07, 6.45) is 3.17. The number of allylic oxidation sites excluding steroid dienone is 3. The number of carbonyl (C=O) groups excluding carboxylic acids is 1. The summed E-state index contributed by atoms with van der Waals surface area (Å²) in [5, 5.41) is 2.55. The molecule has 0 atom stereocenters. The third-order valence-corrected chi connectivity index (χ3v) is 2.90. The number of amides is 1. The Labute approximate surface area is 118 Å². The van der Waals surface area contributed by atoms with Gasteiger partial charge in [0.05, 0.1) is 5.56 Å². The molecule has 1 aromatic heterocycles. The van der Waals surface area contributed by atoms with Crippen LogP contribution in [0.3, 0.4) is 0 Å². The summed E-state index contributed by atoms with van der Waals surface area (Å²) in [6, 6.07) is 1.50. The molecule has 0 unspecified atom stereocenters. The van der Waals surface area contributed by atoms with Crippen LogP contribution in [0.2, 0.25) is 0 Å². The average molecular weight is 298 g/mol. The van der Waals surface area contributed by atoms with Gasteiger partial charge in [0.2, 0.25) is 5.91 Å². The molecule has 4 nitrogen and oxygen atoms in total. The minimum Gasteiger partial charge on any atom is -0.325 e. The summed E-state index contributed by atoms with van der Waals surface area (Å²) >= 11 is 0. The van der Waals surface area contributed by atoms with E-state index in [0.29, 0.717) is 18.0 Å². The molecule has 1 amide bonds. The van der Waals surface area contributed by atoms with Gasteiger partial charge >= 0.3 is 6.18 Å². The average Bonchev–Trinajstić information content (AvgIpc) is 2.41. The third-order valence-electron chi connectivity index (χ3n) is 2.90. The minimum absolute atomic E-state index is 0.464. The highest BCUT2D eigenvalue weighted by Crippen LogP contribution is 2.27. The molecule has 0 spiro atoms. The molecule has 0 aliphatic heterocycles. The van der Waals surface area contributed by atoms with Crippen molar-refractivity contribution >= 4 is 5.91 Å². The zero-order valence-electron chi connectivity index (χ0n) is 11.0. The molecular weight excluding hydrogens is 285 g/mol. The lowest BCUT2D eigenvalue weighted by molar-refractivity contribution is -0.138. The lowest BCUT2D eigenvalue weighted by Crippen LogP contribution is -2.32. The Balaban J connectivity index is 2.12. The monoisotopic (exact) mass is 298 g/mol. The number of pyridine rings is 1. The summed E-state index contributed by atoms with van der Waals surface area (Å²) < 4.78 is 38.5. The zero-order chi connectivity index (χ0) is 15.5. The Morgan fingerprint density at radius 2 is 2.05 bits per heavy atom. The SMILES string of the molecule is O=C(Cn1cc(C(F)(F)F)ccc1=O)NC1=CCCC=C1. The smallest absolute Gasteiger partial charge is 0.325 e. The predicted octanol–water partition coefficient (Wildman–Crippen LogP) is 2.22. The maximum Gasteiger partial charge on any atom is 0.417 e. The van der Waals surface area contributed by atoms with Gasteiger partial charge < -0.3 is 9.88 Å². The van der Waals surface area contributed by atoms with E-state index < -0.39 is 29.8 Å². The van der Waals surface area contributed by atoms with Crippen molar-refractivity contribution < 1.29 is 18.0 Å². The molecule has 1 heterocycles. The molecule has 0 aromatic carbocycles. The summed E-state index contributed by atoms with van der Waals surface area (Å²) in [4.78, 5) is 23.3. The first-order valence-corrected chi connectivity index (χ1v) is 6.30. The third kappa shape index (κ3) is 4.08. The Kier molecular flexibility index (Phi) is 4.30. The van der Waals surface area contributed by atoms with Crippen molar-refractivity contribution in [3.63, 3.8) is 0 Å². The van der Waals surface area contributed by atoms with Crippen molar-refractivity contribution in [1.29, 1.82) is 0 Å². The second-order valence-corrected chi connectivity index (χ2v) is 4.57. The predicted molar refractivity (Wildman–Crippen MR) is 70.3 cm³/mol. The van der Waals surface area contributed by atoms with Gasteiger partial charge in [-0.2, -0.15) is 13.2 Å². The van der Waals surface area contributed by atoms with Crippen molar-refractivity contribution in [2.45, 2.75) is 25.6 Å². The van der Waals surface area contributed by atoms with E-state index in [1.54, 1.807) is 6.08 Å². The van der Waals surface area contributed by atoms with Crippen LogP contribution in [0.1, 0.15) is 18.4 Å². The fraction of sp³-hybridized carbons (Fsp3) is 0.286. The molecule has 112 valence electrons. The quantitative estimate of drug-likeness (QED) is 0.930. The summed E-state index contributed by atoms with van der Waals surface area (Å²) in [6.45, 7) is -0.464. The first-order valence-electron chi connectivity index (χ1n) is 6.30. The number of halogens is 3. The summed E-state index contributed by atoms with van der Waals surface area (Å²) in [5.41, 5.74) is -1.04. The van der Waals surface area contributed by atoms with Gasteiger partial charge in [-0.25, -0.2) is 0 Å². The molecule has 0 radical (unpaired) electrons. The highest BCUT2D eigenvalue weighted by atomic mass is 19.4. The van der Waals surface area contributed by atoms with Crippen LogP contribution in [-0.4, -0.2) is 10.5 Å². The van der Waals surface area contributed by atoms with Gasteiger partial charge in [-0.1, -0.05) is 12.2 Å². The number of hydrogen-bond acceptors (Lipinski definition) is 2. The summed E-state index contributed by atoms with van der Waals surface area (Å²) in [7, 11) is 0. The fourth-order valence-corrected chi connectivity index (χ4v) is 1.88. The Bertz CT molecular complexity index is 657. The van der Waals surface area contributed by atoms with E-state index in [4.69, 9.17) is 0 Å². The maximum absolute atomic E-state index is 12.6. The molecule has 1 aromatic rings. The standard InChI is InChI=1S/C14H13F3N2O2/c15-14(16,17)10-6-7-13(21)19(8-10)9-12(20)18-11-4-2-1-3-5-11/h2,4-8H,1,3,9H2,(H,18,20). The summed E-state index contributed by atoms with van der Waals surface area (Å²) in [5.74, 6) is -0.547. The Morgan fingerprint density at radius 1 is 1.29 bits per heavy atom. The second-order valence-electron chi connectivity index (χ2n) is 4.57. The lowest BCUT2D eigenvalue weighted by atomic mass is 10.1. The molecule has 0 bridgehead atoms. The van der Waals surface area contributed by atoms with Crippen molar-refractivity contribution in [2.75, 3.05) is 0 Å². The van der Waals surface area contributed by atoms with Gasteiger partial charge in [0.1, 0.15) is 6.54 Å². The van der Waals surface area contributed by atoms with E-state index in [1.807, 2.05) is 12.2 Å². The van der Waals surface area contributed by atoms with E-state index in [1.165, 1.54) is 0 Å². The molecule has 0 saturated carbocycles. The van der Waals surface area contributed by atoms with Crippen LogP contribution in [0.15, 0.2) is 47.0 Å². The van der Waals surface area contributed by atoms with E-state index >= 15 is 0 Å². The van der Waals surface area contributed by atoms with Crippen LogP contribution < -0.4 is 10.9 Å². The first-order chi connectivity index (χ1) is 9.86. The molecule has 1 N–H and O–H groups in total. The van der Waals surface area contributed by atoms with Crippen molar-refractivity contribution in [1.82, 2.24) is 9.88 Å². The number of carbonyl (C=O) groups is 1. The number of alkyl halides is 3. The van der Waals surface area contributed by atoms with Crippen LogP contribution in [0.4, 0.5) is 13.2 Å². The first kappa shape index (κ1) is 15.1. The lowest BCUT2D eigenvalue weighted by Gasteiger charge is -2.12. The molecule has 1 aliphatic rings. The zero-order valence-corrected chi connectivity index (χ0v) is 11.0. The van der Waals surface area contributed by atoms with Gasteiger partial charge in [0.25, 0.3) is 5.56 Å². The molecule has 1 aliphatic carbocycles. The molecule has 21 heavy (non-hydrogen) atoms.